The van der Waals surface area contributed by atoms with E-state index in [1.807, 2.05) is 0 Å². The van der Waals surface area contributed by atoms with E-state index in [1.165, 1.54) is 22.3 Å². The maximum Gasteiger partial charge on any atom is 0.125 e. The van der Waals surface area contributed by atoms with Gasteiger partial charge in [-0.05, 0) is 82.6 Å². The predicted octanol–water partition coefficient (Wildman–Crippen LogP) is 10.1. The van der Waals surface area contributed by atoms with Crippen molar-refractivity contribution in [1.29, 1.82) is 0 Å². The summed E-state index contributed by atoms with van der Waals surface area (Å²) in [4.78, 5) is 0. The molecule has 5 aromatic carbocycles. The van der Waals surface area contributed by atoms with Gasteiger partial charge in [-0.2, -0.15) is 0 Å². The van der Waals surface area contributed by atoms with Crippen LogP contribution in [0.1, 0.15) is 66.8 Å². The Morgan fingerprint density at radius 1 is 0.383 bits per heavy atom. The molecule has 0 N–H and O–H groups in total. The average Bonchev–Trinajstić information content (AvgIpc) is 3.01. The van der Waals surface area contributed by atoms with E-state index >= 15 is 0 Å². The Labute approximate surface area is 295 Å². The van der Waals surface area contributed by atoms with Crippen LogP contribution >= 0.6 is 31.9 Å². The normalized spacial score (nSPS) is 12.7. The standard InChI is InChI=1S/C41H40Br2O4/c1-24-11-28-17-29-12-25(2)14-31(39(29)45-4)19-35-23-37(43)21-33(41(35)47-6)16-27-9-7-26(8-10-27)15-32-20-36(42)22-34(40(32)46-5)18-30(13-24)38(28)44-3/h7-14,20-23H,15-19H2,1-6H3. The van der Waals surface area contributed by atoms with Gasteiger partial charge >= 0.3 is 0 Å². The van der Waals surface area contributed by atoms with Gasteiger partial charge < -0.3 is 18.9 Å². The molecule has 0 heterocycles. The minimum atomic E-state index is 0.672. The second kappa shape index (κ2) is 14.2. The van der Waals surface area contributed by atoms with E-state index in [0.29, 0.717) is 19.3 Å². The van der Waals surface area contributed by atoms with Crippen molar-refractivity contribution in [1.82, 2.24) is 0 Å². The number of aryl methyl sites for hydroxylation is 2. The first-order valence-electron chi connectivity index (χ1n) is 15.8. The molecule has 5 aromatic rings. The van der Waals surface area contributed by atoms with E-state index < -0.39 is 0 Å². The maximum atomic E-state index is 6.18. The van der Waals surface area contributed by atoms with Gasteiger partial charge in [0.05, 0.1) is 28.4 Å². The van der Waals surface area contributed by atoms with Crippen LogP contribution in [0.5, 0.6) is 23.0 Å². The molecule has 0 unspecified atom stereocenters. The molecule has 0 saturated carbocycles. The average molecular weight is 757 g/mol. The Morgan fingerprint density at radius 3 is 0.872 bits per heavy atom. The van der Waals surface area contributed by atoms with Crippen LogP contribution in [0.4, 0.5) is 0 Å². The highest BCUT2D eigenvalue weighted by Gasteiger charge is 2.21. The topological polar surface area (TPSA) is 36.9 Å². The lowest BCUT2D eigenvalue weighted by atomic mass is 9.91. The zero-order valence-electron chi connectivity index (χ0n) is 27.9. The smallest absolute Gasteiger partial charge is 0.125 e. The van der Waals surface area contributed by atoms with Gasteiger partial charge in [0.1, 0.15) is 23.0 Å². The second-order valence-electron chi connectivity index (χ2n) is 12.4. The van der Waals surface area contributed by atoms with Gasteiger partial charge in [0.15, 0.2) is 0 Å². The van der Waals surface area contributed by atoms with E-state index in [-0.39, 0.29) is 0 Å². The Hall–Kier alpha value is -3.74. The van der Waals surface area contributed by atoms with Crippen LogP contribution in [0.25, 0.3) is 0 Å². The lowest BCUT2D eigenvalue weighted by molar-refractivity contribution is 0.397. The van der Waals surface area contributed by atoms with Crippen molar-refractivity contribution in [3.8, 4) is 23.0 Å². The molecule has 0 aliphatic heterocycles. The van der Waals surface area contributed by atoms with Crippen LogP contribution in [0.15, 0.2) is 81.7 Å². The number of fused-ring (bicyclic) bond motifs is 2. The fourth-order valence-corrected chi connectivity index (χ4v) is 8.32. The molecular weight excluding hydrogens is 716 g/mol. The van der Waals surface area contributed by atoms with Gasteiger partial charge in [0.25, 0.3) is 0 Å². The molecule has 0 spiro atoms. The Balaban J connectivity index is 1.59. The highest BCUT2D eigenvalue weighted by molar-refractivity contribution is 9.10. The molecule has 47 heavy (non-hydrogen) atoms. The van der Waals surface area contributed by atoms with Crippen LogP contribution in [0, 0.1) is 13.8 Å². The lowest BCUT2D eigenvalue weighted by Gasteiger charge is -2.20. The molecule has 0 saturated heterocycles. The Morgan fingerprint density at radius 2 is 0.617 bits per heavy atom. The molecule has 2 aliphatic carbocycles. The Bertz CT molecular complexity index is 1810. The minimum absolute atomic E-state index is 0.672. The monoisotopic (exact) mass is 754 g/mol. The van der Waals surface area contributed by atoms with Crippen LogP contribution in [-0.2, 0) is 32.1 Å². The summed E-state index contributed by atoms with van der Waals surface area (Å²) in [5.74, 6) is 3.60. The predicted molar refractivity (Wildman–Crippen MR) is 197 cm³/mol. The number of hydrogen-bond acceptors (Lipinski definition) is 4. The first kappa shape index (κ1) is 33.2. The maximum absolute atomic E-state index is 6.18. The number of ether oxygens (including phenoxy) is 4. The number of hydrogen-bond donors (Lipinski definition) is 0. The molecule has 4 nitrogen and oxygen atoms in total. The van der Waals surface area contributed by atoms with Gasteiger partial charge in [-0.3, -0.25) is 0 Å². The number of halogens is 2. The third-order valence-corrected chi connectivity index (χ3v) is 9.88. The zero-order valence-corrected chi connectivity index (χ0v) is 31.0. The number of rotatable bonds is 4. The largest absolute Gasteiger partial charge is 0.496 e. The van der Waals surface area contributed by atoms with Crippen molar-refractivity contribution in [2.75, 3.05) is 28.4 Å². The quantitative estimate of drug-likeness (QED) is 0.180. The lowest BCUT2D eigenvalue weighted by Crippen LogP contribution is -2.06. The summed E-state index contributed by atoms with van der Waals surface area (Å²) in [6.07, 6.45) is 3.53. The molecule has 0 atom stereocenters. The highest BCUT2D eigenvalue weighted by atomic mass is 79.9. The summed E-state index contributed by atoms with van der Waals surface area (Å²) < 4.78 is 26.6. The number of benzene rings is 5. The van der Waals surface area contributed by atoms with E-state index in [1.54, 1.807) is 28.4 Å². The minimum Gasteiger partial charge on any atom is -0.496 e. The first-order valence-corrected chi connectivity index (χ1v) is 17.4. The van der Waals surface area contributed by atoms with Crippen LogP contribution in [-0.4, -0.2) is 28.4 Å². The molecule has 242 valence electrons. The summed E-state index contributed by atoms with van der Waals surface area (Å²) in [5.41, 5.74) is 13.8. The van der Waals surface area contributed by atoms with Crippen LogP contribution in [0.3, 0.4) is 0 Å². The van der Waals surface area contributed by atoms with Crippen LogP contribution in [0.2, 0.25) is 0 Å². The second-order valence-corrected chi connectivity index (χ2v) is 14.3. The third-order valence-electron chi connectivity index (χ3n) is 8.96. The molecule has 0 amide bonds. The van der Waals surface area contributed by atoms with Crippen LogP contribution < -0.4 is 18.9 Å². The zero-order chi connectivity index (χ0) is 33.2. The van der Waals surface area contributed by atoms with Crippen molar-refractivity contribution in [2.24, 2.45) is 0 Å². The van der Waals surface area contributed by atoms with Crippen molar-refractivity contribution < 1.29 is 18.9 Å². The van der Waals surface area contributed by atoms with E-state index in [9.17, 15) is 0 Å². The summed E-state index contributed by atoms with van der Waals surface area (Å²) >= 11 is 7.60. The summed E-state index contributed by atoms with van der Waals surface area (Å²) in [7, 11) is 7.06. The molecule has 0 fully saturated rings. The van der Waals surface area contributed by atoms with Crippen molar-refractivity contribution in [2.45, 2.75) is 46.0 Å². The molecule has 10 bridgehead atoms. The summed E-state index contributed by atoms with van der Waals surface area (Å²) in [6, 6.07) is 26.5. The van der Waals surface area contributed by atoms with E-state index in [0.717, 1.165) is 89.3 Å². The first-order chi connectivity index (χ1) is 22.7. The highest BCUT2D eigenvalue weighted by Crippen LogP contribution is 2.39. The fourth-order valence-electron chi connectivity index (χ4n) is 7.21. The molecule has 7 rings (SSSR count). The number of methoxy groups -OCH3 is 4. The molecule has 2 aliphatic rings. The SMILES string of the molecule is COc1c2cc(Br)cc1Cc1cc(C)cc(c1OC)Cc1cc(C)cc(c1OC)Cc1cc(Br)cc(c1OC)Cc1ccc(cc1)C2. The summed E-state index contributed by atoms with van der Waals surface area (Å²) in [6.45, 7) is 4.30. The fraction of sp³-hybridized carbons (Fsp3) is 0.268. The molecule has 0 aromatic heterocycles. The molecular formula is C41H40Br2O4. The van der Waals surface area contributed by atoms with E-state index in [2.05, 4.69) is 119 Å². The van der Waals surface area contributed by atoms with E-state index in [4.69, 9.17) is 18.9 Å². The molecule has 0 radical (unpaired) electrons. The Kier molecular flexibility index (Phi) is 10.00. The van der Waals surface area contributed by atoms with Gasteiger partial charge in [0, 0.05) is 52.2 Å². The van der Waals surface area contributed by atoms with Gasteiger partial charge in [-0.1, -0.05) is 91.5 Å². The van der Waals surface area contributed by atoms with Gasteiger partial charge in [-0.25, -0.2) is 0 Å². The van der Waals surface area contributed by atoms with Gasteiger partial charge in [0.2, 0.25) is 0 Å². The van der Waals surface area contributed by atoms with Crippen molar-refractivity contribution in [3.05, 3.63) is 149 Å². The van der Waals surface area contributed by atoms with Crippen molar-refractivity contribution >= 4 is 31.9 Å². The van der Waals surface area contributed by atoms with Gasteiger partial charge in [-0.15, -0.1) is 0 Å². The summed E-state index contributed by atoms with van der Waals surface area (Å²) in [5, 5.41) is 0. The molecule has 6 heteroatoms. The third kappa shape index (κ3) is 7.09. The van der Waals surface area contributed by atoms with Crippen molar-refractivity contribution in [3.63, 3.8) is 0 Å².